The minimum atomic E-state index is -1.05. The molecule has 1 N–H and O–H groups in total. The zero-order chi connectivity index (χ0) is 13.7. The van der Waals surface area contributed by atoms with E-state index in [1.54, 1.807) is 18.2 Å². The van der Waals surface area contributed by atoms with Gasteiger partial charge in [-0.1, -0.05) is 16.8 Å². The highest BCUT2D eigenvalue weighted by Crippen LogP contribution is 2.24. The van der Waals surface area contributed by atoms with E-state index in [0.717, 1.165) is 6.08 Å². The van der Waals surface area contributed by atoms with Crippen molar-refractivity contribution in [2.75, 3.05) is 0 Å². The fourth-order valence-electron chi connectivity index (χ4n) is 1.34. The van der Waals surface area contributed by atoms with Crippen LogP contribution in [0.3, 0.4) is 0 Å². The molecule has 0 aliphatic carbocycles. The first-order valence-electron chi connectivity index (χ1n) is 5.24. The zero-order valence-electron chi connectivity index (χ0n) is 9.62. The topological polar surface area (TPSA) is 85.5 Å². The summed E-state index contributed by atoms with van der Waals surface area (Å²) in [6, 6.07) is 4.89. The van der Waals surface area contributed by atoms with Crippen LogP contribution in [-0.4, -0.2) is 21.2 Å². The first kappa shape index (κ1) is 13.1. The molecule has 0 amide bonds. The zero-order valence-corrected chi connectivity index (χ0v) is 10.4. The first-order valence-corrected chi connectivity index (χ1v) is 5.61. The summed E-state index contributed by atoms with van der Waals surface area (Å²) in [6.07, 6.45) is 3.61. The van der Waals surface area contributed by atoms with Crippen molar-refractivity contribution in [3.05, 3.63) is 47.1 Å². The van der Waals surface area contributed by atoms with Gasteiger partial charge >= 0.3 is 5.97 Å². The standard InChI is InChI=1S/C12H9ClN2O4/c13-9-2-3-10(8(5-9)1-4-12(16)17)18-6-11-14-7-19-15-11/h1-5,7H,6H2,(H,16,17)/b4-1+. The molecule has 0 saturated carbocycles. The van der Waals surface area contributed by atoms with Gasteiger partial charge in [-0.3, -0.25) is 0 Å². The lowest BCUT2D eigenvalue weighted by Crippen LogP contribution is -1.99. The van der Waals surface area contributed by atoms with Gasteiger partial charge in [0.25, 0.3) is 0 Å². The average molecular weight is 281 g/mol. The predicted octanol–water partition coefficient (Wildman–Crippen LogP) is 2.40. The van der Waals surface area contributed by atoms with E-state index < -0.39 is 5.97 Å². The number of hydrogen-bond acceptors (Lipinski definition) is 5. The molecule has 6 nitrogen and oxygen atoms in total. The third kappa shape index (κ3) is 3.82. The summed E-state index contributed by atoms with van der Waals surface area (Å²) in [5, 5.41) is 12.7. The van der Waals surface area contributed by atoms with E-state index in [1.807, 2.05) is 0 Å². The number of halogens is 1. The lowest BCUT2D eigenvalue weighted by Gasteiger charge is -2.07. The lowest BCUT2D eigenvalue weighted by atomic mass is 10.2. The monoisotopic (exact) mass is 280 g/mol. The van der Waals surface area contributed by atoms with Gasteiger partial charge < -0.3 is 14.4 Å². The van der Waals surface area contributed by atoms with Crippen LogP contribution in [0.25, 0.3) is 6.08 Å². The normalized spacial score (nSPS) is 10.8. The van der Waals surface area contributed by atoms with E-state index in [0.29, 0.717) is 22.2 Å². The molecule has 0 radical (unpaired) electrons. The van der Waals surface area contributed by atoms with Crippen LogP contribution in [0, 0.1) is 0 Å². The number of nitrogens with zero attached hydrogens (tertiary/aromatic N) is 2. The maximum absolute atomic E-state index is 10.5. The second-order valence-electron chi connectivity index (χ2n) is 3.49. The number of carboxylic acids is 1. The molecule has 2 aromatic rings. The Labute approximate surface area is 113 Å². The number of benzene rings is 1. The fourth-order valence-corrected chi connectivity index (χ4v) is 1.52. The summed E-state index contributed by atoms with van der Waals surface area (Å²) in [6.45, 7) is 0.117. The van der Waals surface area contributed by atoms with E-state index in [1.165, 1.54) is 12.5 Å². The molecule has 2 rings (SSSR count). The van der Waals surface area contributed by atoms with Gasteiger partial charge in [-0.15, -0.1) is 0 Å². The van der Waals surface area contributed by atoms with Crippen molar-refractivity contribution in [3.8, 4) is 5.75 Å². The van der Waals surface area contributed by atoms with Crippen molar-refractivity contribution in [3.63, 3.8) is 0 Å². The van der Waals surface area contributed by atoms with Gasteiger partial charge in [0.1, 0.15) is 5.75 Å². The summed E-state index contributed by atoms with van der Waals surface area (Å²) in [5.74, 6) is -0.182. The summed E-state index contributed by atoms with van der Waals surface area (Å²) < 4.78 is 10.1. The molecular formula is C12H9ClN2O4. The predicted molar refractivity (Wildman–Crippen MR) is 66.8 cm³/mol. The van der Waals surface area contributed by atoms with E-state index >= 15 is 0 Å². The van der Waals surface area contributed by atoms with E-state index in [2.05, 4.69) is 14.7 Å². The number of aromatic nitrogens is 2. The number of hydrogen-bond donors (Lipinski definition) is 1. The molecule has 1 aromatic carbocycles. The minimum Gasteiger partial charge on any atom is -0.485 e. The molecule has 19 heavy (non-hydrogen) atoms. The number of ether oxygens (including phenoxy) is 1. The van der Waals surface area contributed by atoms with Crippen LogP contribution in [0.2, 0.25) is 5.02 Å². The Morgan fingerprint density at radius 2 is 2.37 bits per heavy atom. The largest absolute Gasteiger partial charge is 0.485 e. The second kappa shape index (κ2) is 6.01. The maximum atomic E-state index is 10.5. The van der Waals surface area contributed by atoms with Crippen molar-refractivity contribution < 1.29 is 19.2 Å². The SMILES string of the molecule is O=C(O)/C=C/c1cc(Cl)ccc1OCc1ncon1. The summed E-state index contributed by atoms with van der Waals surface area (Å²) in [4.78, 5) is 14.3. The molecule has 7 heteroatoms. The Balaban J connectivity index is 2.16. The Bertz CT molecular complexity index is 596. The Kier molecular flexibility index (Phi) is 4.15. The highest BCUT2D eigenvalue weighted by molar-refractivity contribution is 6.30. The van der Waals surface area contributed by atoms with Gasteiger partial charge in [0, 0.05) is 16.7 Å². The van der Waals surface area contributed by atoms with Crippen LogP contribution in [0.5, 0.6) is 5.75 Å². The molecular weight excluding hydrogens is 272 g/mol. The van der Waals surface area contributed by atoms with Crippen LogP contribution in [-0.2, 0) is 11.4 Å². The molecule has 0 fully saturated rings. The van der Waals surface area contributed by atoms with Crippen LogP contribution in [0.15, 0.2) is 35.2 Å². The van der Waals surface area contributed by atoms with Gasteiger partial charge in [-0.2, -0.15) is 4.98 Å². The Morgan fingerprint density at radius 3 is 3.05 bits per heavy atom. The van der Waals surface area contributed by atoms with Gasteiger partial charge in [-0.25, -0.2) is 4.79 Å². The number of aliphatic carboxylic acids is 1. The average Bonchev–Trinajstić information content (AvgIpc) is 2.88. The fraction of sp³-hybridized carbons (Fsp3) is 0.0833. The quantitative estimate of drug-likeness (QED) is 0.847. The summed E-state index contributed by atoms with van der Waals surface area (Å²) in [5.41, 5.74) is 0.554. The van der Waals surface area contributed by atoms with E-state index in [4.69, 9.17) is 21.4 Å². The molecule has 0 spiro atoms. The third-order valence-electron chi connectivity index (χ3n) is 2.14. The van der Waals surface area contributed by atoms with Gasteiger partial charge in [0.2, 0.25) is 12.2 Å². The maximum Gasteiger partial charge on any atom is 0.328 e. The van der Waals surface area contributed by atoms with E-state index in [9.17, 15) is 4.79 Å². The number of carbonyl (C=O) groups is 1. The highest BCUT2D eigenvalue weighted by Gasteiger charge is 2.05. The molecule has 1 heterocycles. The van der Waals surface area contributed by atoms with Crippen molar-refractivity contribution in [1.82, 2.24) is 10.1 Å². The summed E-state index contributed by atoms with van der Waals surface area (Å²) in [7, 11) is 0. The molecule has 1 aromatic heterocycles. The smallest absolute Gasteiger partial charge is 0.328 e. The van der Waals surface area contributed by atoms with Crippen molar-refractivity contribution in [2.45, 2.75) is 6.61 Å². The molecule has 0 aliphatic rings. The second-order valence-corrected chi connectivity index (χ2v) is 3.93. The van der Waals surface area contributed by atoms with E-state index in [-0.39, 0.29) is 6.61 Å². The molecule has 98 valence electrons. The Hall–Kier alpha value is -2.34. The number of rotatable bonds is 5. The van der Waals surface area contributed by atoms with Gasteiger partial charge in [0.05, 0.1) is 0 Å². The van der Waals surface area contributed by atoms with Crippen LogP contribution in [0.1, 0.15) is 11.4 Å². The summed E-state index contributed by atoms with van der Waals surface area (Å²) >= 11 is 5.86. The minimum absolute atomic E-state index is 0.117. The van der Waals surface area contributed by atoms with Crippen LogP contribution >= 0.6 is 11.6 Å². The number of carboxylic acid groups (broad SMARTS) is 1. The first-order chi connectivity index (χ1) is 9.15. The third-order valence-corrected chi connectivity index (χ3v) is 2.38. The van der Waals surface area contributed by atoms with Crippen LogP contribution < -0.4 is 4.74 Å². The van der Waals surface area contributed by atoms with Crippen molar-refractivity contribution >= 4 is 23.6 Å². The lowest BCUT2D eigenvalue weighted by molar-refractivity contribution is -0.131. The van der Waals surface area contributed by atoms with Crippen LogP contribution in [0.4, 0.5) is 0 Å². The molecule has 0 bridgehead atoms. The van der Waals surface area contributed by atoms with Gasteiger partial charge in [-0.05, 0) is 24.3 Å². The van der Waals surface area contributed by atoms with Crippen molar-refractivity contribution in [2.24, 2.45) is 0 Å². The molecule has 0 atom stereocenters. The Morgan fingerprint density at radius 1 is 1.53 bits per heavy atom. The highest BCUT2D eigenvalue weighted by atomic mass is 35.5. The molecule has 0 unspecified atom stereocenters. The molecule has 0 aliphatic heterocycles. The van der Waals surface area contributed by atoms with Crippen molar-refractivity contribution in [1.29, 1.82) is 0 Å². The van der Waals surface area contributed by atoms with Gasteiger partial charge in [0.15, 0.2) is 6.61 Å². The molecule has 0 saturated heterocycles.